The van der Waals surface area contributed by atoms with Crippen LogP contribution in [-0.2, 0) is 14.3 Å². The maximum absolute atomic E-state index is 11.4. The van der Waals surface area contributed by atoms with E-state index in [1.165, 1.54) is 0 Å². The molecule has 1 N–H and O–H groups in total. The third kappa shape index (κ3) is 3.81. The van der Waals surface area contributed by atoms with E-state index in [1.54, 1.807) is 6.92 Å². The van der Waals surface area contributed by atoms with Gasteiger partial charge in [-0.15, -0.1) is 0 Å². The minimum Gasteiger partial charge on any atom is -0.465 e. The van der Waals surface area contributed by atoms with Crippen LogP contribution in [0.5, 0.6) is 0 Å². The highest BCUT2D eigenvalue weighted by molar-refractivity contribution is 5.83. The van der Waals surface area contributed by atoms with Gasteiger partial charge in [0.1, 0.15) is 0 Å². The number of ether oxygens (including phenoxy) is 1. The number of carbonyl (C=O) groups excluding carboxylic acids is 2. The molecule has 1 amide bonds. The van der Waals surface area contributed by atoms with Gasteiger partial charge in [0.2, 0.25) is 5.91 Å². The smallest absolute Gasteiger partial charge is 0.320 e. The number of unbranched alkanes of at least 4 members (excludes halogenated alkanes) is 1. The summed E-state index contributed by atoms with van der Waals surface area (Å²) < 4.78 is 5.06. The van der Waals surface area contributed by atoms with Gasteiger partial charge in [-0.1, -0.05) is 13.3 Å². The lowest BCUT2D eigenvalue weighted by Gasteiger charge is -2.31. The Kier molecular flexibility index (Phi) is 5.25. The molecule has 92 valence electrons. The lowest BCUT2D eigenvalue weighted by Crippen LogP contribution is -2.55. The van der Waals surface area contributed by atoms with E-state index in [2.05, 4.69) is 5.32 Å². The van der Waals surface area contributed by atoms with E-state index in [9.17, 15) is 9.59 Å². The van der Waals surface area contributed by atoms with E-state index in [1.807, 2.05) is 11.8 Å². The van der Waals surface area contributed by atoms with Crippen LogP contribution in [0, 0.1) is 0 Å². The average molecular weight is 228 g/mol. The SMILES string of the molecule is CCCCOC(=O)CN1CCNC(=O)C1C. The summed E-state index contributed by atoms with van der Waals surface area (Å²) in [5.41, 5.74) is 0. The van der Waals surface area contributed by atoms with Crippen molar-refractivity contribution < 1.29 is 14.3 Å². The molecule has 1 heterocycles. The van der Waals surface area contributed by atoms with E-state index in [-0.39, 0.29) is 24.5 Å². The number of hydrogen-bond acceptors (Lipinski definition) is 4. The molecule has 5 nitrogen and oxygen atoms in total. The minimum atomic E-state index is -0.243. The van der Waals surface area contributed by atoms with Gasteiger partial charge in [0.05, 0.1) is 19.2 Å². The second-order valence-electron chi connectivity index (χ2n) is 4.01. The lowest BCUT2D eigenvalue weighted by molar-refractivity contribution is -0.146. The standard InChI is InChI=1S/C11H20N2O3/c1-3-4-7-16-10(14)8-13-6-5-12-11(15)9(13)2/h9H,3-8H2,1-2H3,(H,12,15). The maximum atomic E-state index is 11.4. The number of amides is 1. The molecule has 0 aromatic carbocycles. The highest BCUT2D eigenvalue weighted by atomic mass is 16.5. The predicted molar refractivity (Wildman–Crippen MR) is 59.9 cm³/mol. The number of carbonyl (C=O) groups is 2. The largest absolute Gasteiger partial charge is 0.465 e. The van der Waals surface area contributed by atoms with Gasteiger partial charge in [-0.25, -0.2) is 0 Å². The first-order valence-electron chi connectivity index (χ1n) is 5.82. The van der Waals surface area contributed by atoms with Crippen molar-refractivity contribution in [2.24, 2.45) is 0 Å². The molecule has 0 saturated carbocycles. The van der Waals surface area contributed by atoms with Crippen LogP contribution in [0.3, 0.4) is 0 Å². The lowest BCUT2D eigenvalue weighted by atomic mass is 10.2. The van der Waals surface area contributed by atoms with Crippen molar-refractivity contribution in [3.63, 3.8) is 0 Å². The number of nitrogens with one attached hydrogen (secondary N) is 1. The molecule has 0 aromatic heterocycles. The molecule has 16 heavy (non-hydrogen) atoms. The molecule has 1 fully saturated rings. The predicted octanol–water partition coefficient (Wildman–Crippen LogP) is 0.150. The summed E-state index contributed by atoms with van der Waals surface area (Å²) in [5, 5.41) is 2.75. The molecule has 0 aromatic rings. The van der Waals surface area contributed by atoms with Gasteiger partial charge in [0.25, 0.3) is 0 Å². The van der Waals surface area contributed by atoms with Crippen molar-refractivity contribution in [3.8, 4) is 0 Å². The molecule has 5 heteroatoms. The molecule has 1 atom stereocenters. The van der Waals surface area contributed by atoms with Crippen LogP contribution in [0.2, 0.25) is 0 Å². The summed E-state index contributed by atoms with van der Waals surface area (Å²) >= 11 is 0. The van der Waals surface area contributed by atoms with Crippen LogP contribution >= 0.6 is 0 Å². The summed E-state index contributed by atoms with van der Waals surface area (Å²) in [6.45, 7) is 5.84. The zero-order valence-electron chi connectivity index (χ0n) is 9.99. The first kappa shape index (κ1) is 13.0. The van der Waals surface area contributed by atoms with Gasteiger partial charge >= 0.3 is 5.97 Å². The van der Waals surface area contributed by atoms with Crippen LogP contribution in [0.15, 0.2) is 0 Å². The fraction of sp³-hybridized carbons (Fsp3) is 0.818. The van der Waals surface area contributed by atoms with Gasteiger partial charge in [-0.05, 0) is 13.3 Å². The number of rotatable bonds is 5. The van der Waals surface area contributed by atoms with Crippen molar-refractivity contribution in [1.29, 1.82) is 0 Å². The number of esters is 1. The van der Waals surface area contributed by atoms with Gasteiger partial charge in [-0.2, -0.15) is 0 Å². The van der Waals surface area contributed by atoms with Crippen LogP contribution in [-0.4, -0.2) is 49.1 Å². The quantitative estimate of drug-likeness (QED) is 0.537. The molecule has 1 aliphatic heterocycles. The van der Waals surface area contributed by atoms with E-state index in [0.717, 1.165) is 12.8 Å². The molecule has 1 unspecified atom stereocenters. The summed E-state index contributed by atoms with van der Waals surface area (Å²) in [6.07, 6.45) is 1.90. The Hall–Kier alpha value is -1.10. The van der Waals surface area contributed by atoms with E-state index in [4.69, 9.17) is 4.74 Å². The average Bonchev–Trinajstić information content (AvgIpc) is 2.25. The van der Waals surface area contributed by atoms with Crippen LogP contribution in [0.4, 0.5) is 0 Å². The summed E-state index contributed by atoms with van der Waals surface area (Å²) in [4.78, 5) is 24.6. The van der Waals surface area contributed by atoms with E-state index in [0.29, 0.717) is 19.7 Å². The Labute approximate surface area is 96.1 Å². The second-order valence-corrected chi connectivity index (χ2v) is 4.01. The normalized spacial score (nSPS) is 21.6. The summed E-state index contributed by atoms with van der Waals surface area (Å²) in [7, 11) is 0. The molecular weight excluding hydrogens is 208 g/mol. The third-order valence-electron chi connectivity index (χ3n) is 2.72. The summed E-state index contributed by atoms with van der Waals surface area (Å²) in [6, 6.07) is -0.243. The van der Waals surface area contributed by atoms with Crippen molar-refractivity contribution in [3.05, 3.63) is 0 Å². The fourth-order valence-corrected chi connectivity index (χ4v) is 1.59. The monoisotopic (exact) mass is 228 g/mol. The Morgan fingerprint density at radius 3 is 3.06 bits per heavy atom. The van der Waals surface area contributed by atoms with Crippen LogP contribution in [0.25, 0.3) is 0 Å². The Bertz CT molecular complexity index is 256. The zero-order valence-corrected chi connectivity index (χ0v) is 9.99. The number of nitrogens with zero attached hydrogens (tertiary/aromatic N) is 1. The Morgan fingerprint density at radius 1 is 1.62 bits per heavy atom. The maximum Gasteiger partial charge on any atom is 0.320 e. The highest BCUT2D eigenvalue weighted by Crippen LogP contribution is 2.03. The van der Waals surface area contributed by atoms with Gasteiger partial charge in [0, 0.05) is 13.1 Å². The van der Waals surface area contributed by atoms with Crippen molar-refractivity contribution in [2.75, 3.05) is 26.2 Å². The Balaban J connectivity index is 2.29. The van der Waals surface area contributed by atoms with Crippen LogP contribution < -0.4 is 5.32 Å². The van der Waals surface area contributed by atoms with Gasteiger partial charge in [-0.3, -0.25) is 14.5 Å². The summed E-state index contributed by atoms with van der Waals surface area (Å²) in [5.74, 6) is -0.261. The molecule has 0 bridgehead atoms. The molecular formula is C11H20N2O3. The van der Waals surface area contributed by atoms with Gasteiger partial charge in [0.15, 0.2) is 0 Å². The van der Waals surface area contributed by atoms with Crippen molar-refractivity contribution >= 4 is 11.9 Å². The zero-order chi connectivity index (χ0) is 12.0. The molecule has 1 rings (SSSR count). The first-order valence-corrected chi connectivity index (χ1v) is 5.82. The number of piperazine rings is 1. The molecule has 1 saturated heterocycles. The van der Waals surface area contributed by atoms with E-state index < -0.39 is 0 Å². The van der Waals surface area contributed by atoms with Crippen molar-refractivity contribution in [1.82, 2.24) is 10.2 Å². The van der Waals surface area contributed by atoms with Crippen LogP contribution in [0.1, 0.15) is 26.7 Å². The van der Waals surface area contributed by atoms with E-state index >= 15 is 0 Å². The second kappa shape index (κ2) is 6.48. The molecule has 0 radical (unpaired) electrons. The Morgan fingerprint density at radius 2 is 2.38 bits per heavy atom. The minimum absolute atomic E-state index is 0.0207. The highest BCUT2D eigenvalue weighted by Gasteiger charge is 2.27. The fourth-order valence-electron chi connectivity index (χ4n) is 1.59. The van der Waals surface area contributed by atoms with Crippen molar-refractivity contribution in [2.45, 2.75) is 32.7 Å². The number of hydrogen-bond donors (Lipinski definition) is 1. The topological polar surface area (TPSA) is 58.6 Å². The molecule has 1 aliphatic rings. The van der Waals surface area contributed by atoms with Gasteiger partial charge < -0.3 is 10.1 Å². The first-order chi connectivity index (χ1) is 7.65. The third-order valence-corrected chi connectivity index (χ3v) is 2.72. The molecule has 0 spiro atoms. The molecule has 0 aliphatic carbocycles.